The maximum absolute atomic E-state index is 13.2. The van der Waals surface area contributed by atoms with Crippen LogP contribution >= 0.6 is 11.3 Å². The predicted molar refractivity (Wildman–Crippen MR) is 59.2 cm³/mol. The van der Waals surface area contributed by atoms with E-state index in [1.165, 1.54) is 0 Å². The molecule has 0 atom stereocenters. The van der Waals surface area contributed by atoms with E-state index in [1.54, 1.807) is 18.3 Å². The Balaban J connectivity index is 2.60. The van der Waals surface area contributed by atoms with Crippen LogP contribution in [0.3, 0.4) is 0 Å². The predicted octanol–water partition coefficient (Wildman–Crippen LogP) is 2.54. The molecule has 2 heterocycles. The summed E-state index contributed by atoms with van der Waals surface area (Å²) in [6, 6.07) is 0. The molecular weight excluding hydrogens is 213 g/mol. The lowest BCUT2D eigenvalue weighted by Crippen LogP contribution is -2.02. The Morgan fingerprint density at radius 2 is 2.00 bits per heavy atom. The van der Waals surface area contributed by atoms with E-state index in [2.05, 4.69) is 9.97 Å². The van der Waals surface area contributed by atoms with Crippen LogP contribution in [0.4, 0.5) is 10.2 Å². The van der Waals surface area contributed by atoms with Crippen molar-refractivity contribution in [2.45, 2.75) is 13.8 Å². The van der Waals surface area contributed by atoms with Crippen LogP contribution in [0.5, 0.6) is 0 Å². The second kappa shape index (κ2) is 3.58. The summed E-state index contributed by atoms with van der Waals surface area (Å²) >= 11 is 1.56. The van der Waals surface area contributed by atoms with E-state index < -0.39 is 5.82 Å². The smallest absolute Gasteiger partial charge is 0.186 e. The number of nitrogens with two attached hydrogens (primary N) is 1. The summed E-state index contributed by atoms with van der Waals surface area (Å²) < 4.78 is 13.2. The van der Waals surface area contributed by atoms with Crippen molar-refractivity contribution in [3.05, 3.63) is 27.8 Å². The molecule has 0 fully saturated rings. The molecule has 0 bridgehead atoms. The zero-order chi connectivity index (χ0) is 11.0. The van der Waals surface area contributed by atoms with Gasteiger partial charge in [-0.25, -0.2) is 14.4 Å². The van der Waals surface area contributed by atoms with Crippen LogP contribution in [0, 0.1) is 19.7 Å². The molecule has 78 valence electrons. The van der Waals surface area contributed by atoms with Crippen molar-refractivity contribution in [1.29, 1.82) is 0 Å². The highest BCUT2D eigenvalue weighted by Crippen LogP contribution is 2.25. The first-order chi connectivity index (χ1) is 7.09. The van der Waals surface area contributed by atoms with Crippen molar-refractivity contribution < 1.29 is 4.39 Å². The van der Waals surface area contributed by atoms with Gasteiger partial charge in [-0.15, -0.1) is 0 Å². The van der Waals surface area contributed by atoms with Crippen molar-refractivity contribution >= 4 is 17.2 Å². The van der Waals surface area contributed by atoms with Gasteiger partial charge < -0.3 is 5.73 Å². The van der Waals surface area contributed by atoms with Crippen LogP contribution < -0.4 is 5.73 Å². The Hall–Kier alpha value is -1.49. The minimum Gasteiger partial charge on any atom is -0.381 e. The fourth-order valence-electron chi connectivity index (χ4n) is 1.29. The van der Waals surface area contributed by atoms with Gasteiger partial charge in [0, 0.05) is 10.9 Å². The van der Waals surface area contributed by atoms with Gasteiger partial charge in [-0.1, -0.05) is 0 Å². The fourth-order valence-corrected chi connectivity index (χ4v) is 2.12. The van der Waals surface area contributed by atoms with E-state index in [0.29, 0.717) is 5.82 Å². The summed E-state index contributed by atoms with van der Waals surface area (Å²) in [5.41, 5.74) is 7.72. The number of hydrogen-bond acceptors (Lipinski definition) is 4. The molecule has 0 unspecified atom stereocenters. The second-order valence-electron chi connectivity index (χ2n) is 3.30. The molecule has 15 heavy (non-hydrogen) atoms. The Kier molecular flexibility index (Phi) is 2.40. The first-order valence-corrected chi connectivity index (χ1v) is 5.36. The number of thiophene rings is 1. The second-order valence-corrected chi connectivity index (χ2v) is 4.04. The number of nitrogen functional groups attached to an aromatic ring is 1. The van der Waals surface area contributed by atoms with Crippen molar-refractivity contribution in [3.8, 4) is 11.4 Å². The van der Waals surface area contributed by atoms with E-state index in [9.17, 15) is 4.39 Å². The van der Waals surface area contributed by atoms with Gasteiger partial charge in [0.15, 0.2) is 17.5 Å². The number of nitrogens with zero attached hydrogens (tertiary/aromatic N) is 2. The van der Waals surface area contributed by atoms with Gasteiger partial charge in [-0.3, -0.25) is 0 Å². The molecule has 2 aromatic heterocycles. The number of rotatable bonds is 1. The molecule has 0 aliphatic rings. The van der Waals surface area contributed by atoms with Gasteiger partial charge in [0.25, 0.3) is 0 Å². The van der Waals surface area contributed by atoms with Crippen LogP contribution in [0.1, 0.15) is 11.3 Å². The zero-order valence-corrected chi connectivity index (χ0v) is 9.23. The summed E-state index contributed by atoms with van der Waals surface area (Å²) in [4.78, 5) is 8.01. The van der Waals surface area contributed by atoms with Crippen molar-refractivity contribution in [2.75, 3.05) is 5.73 Å². The van der Waals surface area contributed by atoms with Crippen LogP contribution in [-0.2, 0) is 0 Å². The number of hydrogen-bond donors (Lipinski definition) is 1. The minimum atomic E-state index is -0.536. The Morgan fingerprint density at radius 1 is 1.27 bits per heavy atom. The Bertz CT molecular complexity index is 484. The summed E-state index contributed by atoms with van der Waals surface area (Å²) in [5.74, 6) is -0.139. The van der Waals surface area contributed by atoms with Crippen molar-refractivity contribution in [2.24, 2.45) is 0 Å². The average molecular weight is 223 g/mol. The monoisotopic (exact) mass is 223 g/mol. The van der Waals surface area contributed by atoms with E-state index in [-0.39, 0.29) is 11.5 Å². The van der Waals surface area contributed by atoms with E-state index in [4.69, 9.17) is 5.73 Å². The maximum atomic E-state index is 13.2. The normalized spacial score (nSPS) is 10.6. The molecule has 0 radical (unpaired) electrons. The first kappa shape index (κ1) is 10.0. The molecule has 2 aromatic rings. The van der Waals surface area contributed by atoms with Gasteiger partial charge in [-0.05, 0) is 24.8 Å². The minimum absolute atomic E-state index is 0.0944. The largest absolute Gasteiger partial charge is 0.381 e. The molecule has 0 spiro atoms. The number of aromatic nitrogens is 2. The Labute approximate surface area is 90.8 Å². The van der Waals surface area contributed by atoms with Crippen molar-refractivity contribution in [3.63, 3.8) is 0 Å². The average Bonchev–Trinajstić information content (AvgIpc) is 2.60. The number of aryl methyl sites for hydroxylation is 2. The number of anilines is 1. The maximum Gasteiger partial charge on any atom is 0.186 e. The highest BCUT2D eigenvalue weighted by molar-refractivity contribution is 7.08. The summed E-state index contributed by atoms with van der Waals surface area (Å²) in [5, 5.41) is 3.93. The van der Waals surface area contributed by atoms with Gasteiger partial charge >= 0.3 is 0 Å². The molecule has 0 aliphatic heterocycles. The lowest BCUT2D eigenvalue weighted by molar-refractivity contribution is 0.608. The lowest BCUT2D eigenvalue weighted by Gasteiger charge is -2.03. The van der Waals surface area contributed by atoms with Gasteiger partial charge in [0.1, 0.15) is 0 Å². The SMILES string of the molecule is Cc1cscc1-c1nc(C)c(F)c(N)n1. The third-order valence-electron chi connectivity index (χ3n) is 2.14. The molecule has 2 N–H and O–H groups in total. The molecule has 0 aliphatic carbocycles. The lowest BCUT2D eigenvalue weighted by atomic mass is 10.2. The third-order valence-corrected chi connectivity index (χ3v) is 3.00. The quantitative estimate of drug-likeness (QED) is 0.808. The first-order valence-electron chi connectivity index (χ1n) is 4.42. The Morgan fingerprint density at radius 3 is 2.53 bits per heavy atom. The van der Waals surface area contributed by atoms with Gasteiger partial charge in [-0.2, -0.15) is 11.3 Å². The topological polar surface area (TPSA) is 51.8 Å². The van der Waals surface area contributed by atoms with Crippen LogP contribution in [-0.4, -0.2) is 9.97 Å². The molecule has 2 rings (SSSR count). The molecule has 0 saturated heterocycles. The summed E-state index contributed by atoms with van der Waals surface area (Å²) in [6.45, 7) is 3.54. The third kappa shape index (κ3) is 1.70. The number of halogens is 1. The van der Waals surface area contributed by atoms with Crippen LogP contribution in [0.25, 0.3) is 11.4 Å². The summed E-state index contributed by atoms with van der Waals surface area (Å²) in [6.07, 6.45) is 0. The van der Waals surface area contributed by atoms with Gasteiger partial charge in [0.2, 0.25) is 0 Å². The molecule has 3 nitrogen and oxygen atoms in total. The molecule has 0 aromatic carbocycles. The van der Waals surface area contributed by atoms with E-state index >= 15 is 0 Å². The highest BCUT2D eigenvalue weighted by atomic mass is 32.1. The van der Waals surface area contributed by atoms with Gasteiger partial charge in [0.05, 0.1) is 5.69 Å². The molecule has 0 saturated carbocycles. The molecule has 0 amide bonds. The van der Waals surface area contributed by atoms with Crippen molar-refractivity contribution in [1.82, 2.24) is 9.97 Å². The fraction of sp³-hybridized carbons (Fsp3) is 0.200. The zero-order valence-electron chi connectivity index (χ0n) is 8.41. The van der Waals surface area contributed by atoms with E-state index in [1.807, 2.05) is 17.7 Å². The van der Waals surface area contributed by atoms with Crippen LogP contribution in [0.15, 0.2) is 10.8 Å². The molecular formula is C10H10FN3S. The summed E-state index contributed by atoms with van der Waals surface area (Å²) in [7, 11) is 0. The standard InChI is InChI=1S/C10H10FN3S/c1-5-3-15-4-7(5)10-13-6(2)8(11)9(12)14-10/h3-4H,1-2H3,(H2,12,13,14). The van der Waals surface area contributed by atoms with E-state index in [0.717, 1.165) is 11.1 Å². The highest BCUT2D eigenvalue weighted by Gasteiger charge is 2.11. The van der Waals surface area contributed by atoms with Crippen LogP contribution in [0.2, 0.25) is 0 Å². The molecule has 5 heteroatoms.